The second-order valence-corrected chi connectivity index (χ2v) is 9.97. The summed E-state index contributed by atoms with van der Waals surface area (Å²) in [6.07, 6.45) is 2.82. The van der Waals surface area contributed by atoms with Crippen molar-refractivity contribution in [3.63, 3.8) is 0 Å². The number of quaternary nitrogens is 2. The zero-order chi connectivity index (χ0) is 20.6. The summed E-state index contributed by atoms with van der Waals surface area (Å²) < 4.78 is 1.47. The van der Waals surface area contributed by atoms with Crippen molar-refractivity contribution in [1.29, 1.82) is 0 Å². The zero-order valence-corrected chi connectivity index (χ0v) is 18.3. The highest BCUT2D eigenvalue weighted by atomic mass is 16.3. The van der Waals surface area contributed by atoms with Gasteiger partial charge in [-0.15, -0.1) is 0 Å². The fourth-order valence-corrected chi connectivity index (χ4v) is 3.34. The summed E-state index contributed by atoms with van der Waals surface area (Å²) in [6, 6.07) is 0. The molecule has 2 unspecified atom stereocenters. The van der Waals surface area contributed by atoms with Crippen LogP contribution in [0.25, 0.3) is 0 Å². The highest BCUT2D eigenvalue weighted by Gasteiger charge is 2.30. The lowest BCUT2D eigenvalue weighted by atomic mass is 9.81. The summed E-state index contributed by atoms with van der Waals surface area (Å²) in [4.78, 5) is 23.4. The molecule has 2 atom stereocenters. The SMILES string of the molecule is CCC(C=O)CC(C)(C)C(=O)NCCC[N+](C)(C)CC(O)C[N+](C)(C)C. The summed E-state index contributed by atoms with van der Waals surface area (Å²) in [5.74, 6) is -0.0535. The van der Waals surface area contributed by atoms with E-state index in [9.17, 15) is 14.7 Å². The summed E-state index contributed by atoms with van der Waals surface area (Å²) in [5.41, 5.74) is -0.535. The number of hydrogen-bond donors (Lipinski definition) is 2. The molecule has 0 aliphatic heterocycles. The van der Waals surface area contributed by atoms with Crippen LogP contribution in [0, 0.1) is 11.3 Å². The number of amides is 1. The van der Waals surface area contributed by atoms with Gasteiger partial charge in [-0.3, -0.25) is 4.79 Å². The molecule has 2 N–H and O–H groups in total. The van der Waals surface area contributed by atoms with Gasteiger partial charge in [0.15, 0.2) is 6.10 Å². The molecule has 0 saturated carbocycles. The molecule has 0 aromatic heterocycles. The van der Waals surface area contributed by atoms with Crippen molar-refractivity contribution in [3.8, 4) is 0 Å². The highest BCUT2D eigenvalue weighted by molar-refractivity contribution is 5.82. The molecule has 0 aromatic rings. The molecule has 0 heterocycles. The number of hydrogen-bond acceptors (Lipinski definition) is 3. The Morgan fingerprint density at radius 2 is 1.73 bits per heavy atom. The van der Waals surface area contributed by atoms with Crippen molar-refractivity contribution in [1.82, 2.24) is 5.32 Å². The maximum atomic E-state index is 12.4. The van der Waals surface area contributed by atoms with Gasteiger partial charge in [0, 0.05) is 24.3 Å². The van der Waals surface area contributed by atoms with Crippen LogP contribution in [0.3, 0.4) is 0 Å². The van der Waals surface area contributed by atoms with Crippen LogP contribution in [0.1, 0.15) is 40.0 Å². The normalized spacial score (nSPS) is 15.4. The van der Waals surface area contributed by atoms with E-state index in [1.165, 1.54) is 0 Å². The maximum absolute atomic E-state index is 12.4. The van der Waals surface area contributed by atoms with E-state index in [0.29, 0.717) is 19.5 Å². The van der Waals surface area contributed by atoms with E-state index >= 15 is 0 Å². The van der Waals surface area contributed by atoms with Crippen molar-refractivity contribution in [2.75, 3.05) is 61.4 Å². The van der Waals surface area contributed by atoms with Crippen molar-refractivity contribution < 1.29 is 23.7 Å². The van der Waals surface area contributed by atoms with Crippen LogP contribution >= 0.6 is 0 Å². The molecule has 0 fully saturated rings. The lowest BCUT2D eigenvalue weighted by Gasteiger charge is -2.34. The Morgan fingerprint density at radius 3 is 2.19 bits per heavy atom. The van der Waals surface area contributed by atoms with Crippen molar-refractivity contribution in [2.45, 2.75) is 46.1 Å². The minimum absolute atomic E-state index is 0.00757. The molecule has 0 rings (SSSR count). The molecule has 0 spiro atoms. The molecular weight excluding hydrogens is 330 g/mol. The van der Waals surface area contributed by atoms with Gasteiger partial charge in [-0.2, -0.15) is 0 Å². The van der Waals surface area contributed by atoms with Gasteiger partial charge >= 0.3 is 0 Å². The van der Waals surface area contributed by atoms with Gasteiger partial charge in [-0.1, -0.05) is 20.8 Å². The maximum Gasteiger partial charge on any atom is 0.225 e. The Kier molecular flexibility index (Phi) is 9.99. The van der Waals surface area contributed by atoms with Crippen LogP contribution in [0.5, 0.6) is 0 Å². The number of nitrogens with zero attached hydrogens (tertiary/aromatic N) is 2. The zero-order valence-electron chi connectivity index (χ0n) is 18.3. The molecule has 0 aliphatic rings. The van der Waals surface area contributed by atoms with Crippen LogP contribution in [-0.4, -0.2) is 93.8 Å². The molecule has 1 amide bonds. The Balaban J connectivity index is 4.30. The average molecular weight is 374 g/mol. The first-order valence-corrected chi connectivity index (χ1v) is 9.76. The van der Waals surface area contributed by atoms with E-state index in [-0.39, 0.29) is 17.9 Å². The topological polar surface area (TPSA) is 66.4 Å². The molecule has 0 saturated heterocycles. The fourth-order valence-electron chi connectivity index (χ4n) is 3.34. The molecule has 0 aliphatic carbocycles. The van der Waals surface area contributed by atoms with Gasteiger partial charge in [-0.05, 0) is 12.8 Å². The Bertz CT molecular complexity index is 442. The number of carbonyl (C=O) groups is 2. The third-order valence-corrected chi connectivity index (χ3v) is 4.79. The Morgan fingerprint density at radius 1 is 1.15 bits per heavy atom. The Hall–Kier alpha value is -0.980. The fraction of sp³-hybridized carbons (Fsp3) is 0.900. The second kappa shape index (κ2) is 10.4. The van der Waals surface area contributed by atoms with Crippen LogP contribution in [-0.2, 0) is 9.59 Å². The van der Waals surface area contributed by atoms with Crippen molar-refractivity contribution in [3.05, 3.63) is 0 Å². The molecule has 154 valence electrons. The van der Waals surface area contributed by atoms with Crippen LogP contribution < -0.4 is 5.32 Å². The monoisotopic (exact) mass is 373 g/mol. The van der Waals surface area contributed by atoms with Gasteiger partial charge < -0.3 is 24.2 Å². The van der Waals surface area contributed by atoms with Crippen molar-refractivity contribution >= 4 is 12.2 Å². The Labute approximate surface area is 160 Å². The minimum Gasteiger partial charge on any atom is -0.382 e. The average Bonchev–Trinajstić information content (AvgIpc) is 2.46. The van der Waals surface area contributed by atoms with Gasteiger partial charge in [0.1, 0.15) is 19.4 Å². The van der Waals surface area contributed by atoms with E-state index in [0.717, 1.165) is 41.2 Å². The largest absolute Gasteiger partial charge is 0.382 e. The smallest absolute Gasteiger partial charge is 0.225 e. The van der Waals surface area contributed by atoms with Gasteiger partial charge in [0.2, 0.25) is 5.91 Å². The molecule has 6 nitrogen and oxygen atoms in total. The number of aliphatic hydroxyl groups is 1. The number of aldehydes is 1. The first-order chi connectivity index (χ1) is 11.7. The first kappa shape index (κ1) is 25.0. The highest BCUT2D eigenvalue weighted by Crippen LogP contribution is 2.26. The lowest BCUT2D eigenvalue weighted by Crippen LogP contribution is -2.52. The summed E-state index contributed by atoms with van der Waals surface area (Å²) in [7, 11) is 10.5. The third kappa shape index (κ3) is 10.9. The minimum atomic E-state index is -0.535. The standard InChI is InChI=1S/C20H42N3O3/c1-9-17(16-24)13-20(2,3)19(26)21-11-10-12-23(7,8)15-18(25)14-22(4,5)6/h16-18,25H,9-15H2,1-8H3/q+1/p+1. The quantitative estimate of drug-likeness (QED) is 0.290. The molecule has 26 heavy (non-hydrogen) atoms. The van der Waals surface area contributed by atoms with Crippen molar-refractivity contribution in [2.24, 2.45) is 11.3 Å². The molecule has 0 radical (unpaired) electrons. The molecule has 0 bridgehead atoms. The molecule has 6 heteroatoms. The first-order valence-electron chi connectivity index (χ1n) is 9.76. The summed E-state index contributed by atoms with van der Waals surface area (Å²) in [6.45, 7) is 8.70. The van der Waals surface area contributed by atoms with Crippen LogP contribution in [0.2, 0.25) is 0 Å². The lowest BCUT2D eigenvalue weighted by molar-refractivity contribution is -0.907. The predicted molar refractivity (Wildman–Crippen MR) is 107 cm³/mol. The summed E-state index contributed by atoms with van der Waals surface area (Å²) >= 11 is 0. The van der Waals surface area contributed by atoms with E-state index in [2.05, 4.69) is 40.6 Å². The number of aliphatic hydroxyl groups excluding tert-OH is 1. The van der Waals surface area contributed by atoms with Gasteiger partial charge in [0.05, 0.1) is 41.8 Å². The number of carbonyl (C=O) groups excluding carboxylic acids is 2. The predicted octanol–water partition coefficient (Wildman–Crippen LogP) is 1.28. The number of nitrogens with one attached hydrogen (secondary N) is 1. The third-order valence-electron chi connectivity index (χ3n) is 4.79. The van der Waals surface area contributed by atoms with E-state index in [1.807, 2.05) is 20.8 Å². The number of likely N-dealkylation sites (N-methyl/N-ethyl adjacent to an activating group) is 2. The molecular formula is C20H43N3O3+2. The number of rotatable bonds is 13. The van der Waals surface area contributed by atoms with Gasteiger partial charge in [-0.25, -0.2) is 0 Å². The van der Waals surface area contributed by atoms with E-state index in [1.54, 1.807) is 0 Å². The van der Waals surface area contributed by atoms with Gasteiger partial charge in [0.25, 0.3) is 0 Å². The van der Waals surface area contributed by atoms with Crippen LogP contribution in [0.15, 0.2) is 0 Å². The summed E-state index contributed by atoms with van der Waals surface area (Å²) in [5, 5.41) is 13.3. The molecule has 0 aromatic carbocycles. The second-order valence-electron chi connectivity index (χ2n) is 9.97. The van der Waals surface area contributed by atoms with E-state index in [4.69, 9.17) is 0 Å². The van der Waals surface area contributed by atoms with E-state index < -0.39 is 5.41 Å². The van der Waals surface area contributed by atoms with Crippen LogP contribution in [0.4, 0.5) is 0 Å².